The molecule has 0 N–H and O–H groups in total. The van der Waals surface area contributed by atoms with Crippen molar-refractivity contribution in [3.63, 3.8) is 0 Å². The van der Waals surface area contributed by atoms with Gasteiger partial charge in [0.05, 0.1) is 10.5 Å². The molecule has 0 saturated carbocycles. The molecule has 1 amide bonds. The molecular formula is C22H32N2O5S. The summed E-state index contributed by atoms with van der Waals surface area (Å²) in [5.41, 5.74) is 0.230. The van der Waals surface area contributed by atoms with Gasteiger partial charge in [-0.1, -0.05) is 13.8 Å². The SMILES string of the molecule is CC1CC(C)CN(S(=O)(=O)c2ccc(C(=O)OCC(=O)N3CCCCC3C)cc2)C1. The van der Waals surface area contributed by atoms with E-state index in [1.807, 2.05) is 6.92 Å². The molecule has 1 aromatic carbocycles. The fourth-order valence-corrected chi connectivity index (χ4v) is 6.16. The number of sulfonamides is 1. The third-order valence-electron chi connectivity index (χ3n) is 6.01. The second-order valence-electron chi connectivity index (χ2n) is 8.80. The molecule has 0 spiro atoms. The van der Waals surface area contributed by atoms with Gasteiger partial charge in [-0.3, -0.25) is 4.79 Å². The molecule has 0 aliphatic carbocycles. The number of amides is 1. The summed E-state index contributed by atoms with van der Waals surface area (Å²) in [6.45, 7) is 7.53. The Morgan fingerprint density at radius 2 is 1.67 bits per heavy atom. The molecule has 3 rings (SSSR count). The van der Waals surface area contributed by atoms with Crippen molar-refractivity contribution in [1.29, 1.82) is 0 Å². The molecular weight excluding hydrogens is 404 g/mol. The standard InChI is InChI=1S/C22H32N2O5S/c1-16-12-17(2)14-23(13-16)30(27,28)20-9-7-19(8-10-20)22(26)29-15-21(25)24-11-5-4-6-18(24)3/h7-10,16-18H,4-6,11-15H2,1-3H3. The summed E-state index contributed by atoms with van der Waals surface area (Å²) in [5, 5.41) is 0. The number of likely N-dealkylation sites (tertiary alicyclic amines) is 1. The Kier molecular flexibility index (Phi) is 7.18. The Labute approximate surface area is 179 Å². The number of rotatable bonds is 5. The number of benzene rings is 1. The lowest BCUT2D eigenvalue weighted by Gasteiger charge is -2.34. The molecule has 2 aliphatic heterocycles. The van der Waals surface area contributed by atoms with Crippen molar-refractivity contribution in [2.24, 2.45) is 11.8 Å². The van der Waals surface area contributed by atoms with Crippen LogP contribution in [0.5, 0.6) is 0 Å². The maximum Gasteiger partial charge on any atom is 0.338 e. The van der Waals surface area contributed by atoms with Crippen molar-refractivity contribution < 1.29 is 22.7 Å². The Bertz CT molecular complexity index is 858. The number of carbonyl (C=O) groups is 2. The predicted octanol–water partition coefficient (Wildman–Crippen LogP) is 2.91. The van der Waals surface area contributed by atoms with Gasteiger partial charge in [-0.15, -0.1) is 0 Å². The van der Waals surface area contributed by atoms with Crippen LogP contribution in [0.25, 0.3) is 0 Å². The van der Waals surface area contributed by atoms with Crippen LogP contribution in [0.1, 0.15) is 56.8 Å². The molecule has 8 heteroatoms. The summed E-state index contributed by atoms with van der Waals surface area (Å²) >= 11 is 0. The van der Waals surface area contributed by atoms with E-state index in [0.29, 0.717) is 31.5 Å². The van der Waals surface area contributed by atoms with Crippen molar-refractivity contribution in [3.05, 3.63) is 29.8 Å². The van der Waals surface area contributed by atoms with Gasteiger partial charge >= 0.3 is 5.97 Å². The highest BCUT2D eigenvalue weighted by atomic mass is 32.2. The summed E-state index contributed by atoms with van der Waals surface area (Å²) in [4.78, 5) is 26.6. The van der Waals surface area contributed by atoms with Gasteiger partial charge in [0.15, 0.2) is 6.61 Å². The summed E-state index contributed by atoms with van der Waals surface area (Å²) in [7, 11) is -3.60. The van der Waals surface area contributed by atoms with E-state index in [4.69, 9.17) is 4.74 Å². The molecule has 2 aliphatic rings. The van der Waals surface area contributed by atoms with Crippen LogP contribution >= 0.6 is 0 Å². The number of ether oxygens (including phenoxy) is 1. The van der Waals surface area contributed by atoms with Crippen LogP contribution in [0, 0.1) is 11.8 Å². The van der Waals surface area contributed by atoms with Gasteiger partial charge in [0.2, 0.25) is 10.0 Å². The van der Waals surface area contributed by atoms with Gasteiger partial charge in [0.25, 0.3) is 5.91 Å². The molecule has 2 saturated heterocycles. The molecule has 166 valence electrons. The third-order valence-corrected chi connectivity index (χ3v) is 7.86. The zero-order chi connectivity index (χ0) is 21.9. The minimum Gasteiger partial charge on any atom is -0.452 e. The average Bonchev–Trinajstić information content (AvgIpc) is 2.71. The lowest BCUT2D eigenvalue weighted by atomic mass is 9.94. The highest BCUT2D eigenvalue weighted by Crippen LogP contribution is 2.27. The number of piperidine rings is 2. The van der Waals surface area contributed by atoms with E-state index in [1.54, 1.807) is 4.90 Å². The predicted molar refractivity (Wildman–Crippen MR) is 113 cm³/mol. The first kappa shape index (κ1) is 22.7. The van der Waals surface area contributed by atoms with Crippen molar-refractivity contribution in [2.45, 2.75) is 57.4 Å². The lowest BCUT2D eigenvalue weighted by molar-refractivity contribution is -0.137. The molecule has 0 aromatic heterocycles. The first-order valence-electron chi connectivity index (χ1n) is 10.7. The number of carbonyl (C=O) groups excluding carboxylic acids is 2. The second kappa shape index (κ2) is 9.47. The number of esters is 1. The van der Waals surface area contributed by atoms with E-state index in [9.17, 15) is 18.0 Å². The zero-order valence-electron chi connectivity index (χ0n) is 18.0. The molecule has 3 unspecified atom stereocenters. The van der Waals surface area contributed by atoms with E-state index in [0.717, 1.165) is 25.7 Å². The molecule has 0 radical (unpaired) electrons. The normalized spacial score (nSPS) is 25.7. The van der Waals surface area contributed by atoms with Crippen LogP contribution in [0.2, 0.25) is 0 Å². The van der Waals surface area contributed by atoms with Crippen LogP contribution in [0.4, 0.5) is 0 Å². The molecule has 30 heavy (non-hydrogen) atoms. The van der Waals surface area contributed by atoms with E-state index in [1.165, 1.54) is 28.6 Å². The smallest absolute Gasteiger partial charge is 0.338 e. The fraction of sp³-hybridized carbons (Fsp3) is 0.636. The Hall–Kier alpha value is -1.93. The van der Waals surface area contributed by atoms with Crippen LogP contribution in [0.3, 0.4) is 0 Å². The lowest BCUT2D eigenvalue weighted by Crippen LogP contribution is -2.44. The Balaban J connectivity index is 1.60. The van der Waals surface area contributed by atoms with Gasteiger partial charge in [-0.05, 0) is 68.7 Å². The van der Waals surface area contributed by atoms with Crippen LogP contribution in [-0.2, 0) is 19.6 Å². The van der Waals surface area contributed by atoms with E-state index >= 15 is 0 Å². The van der Waals surface area contributed by atoms with Crippen molar-refractivity contribution in [3.8, 4) is 0 Å². The van der Waals surface area contributed by atoms with E-state index in [-0.39, 0.29) is 29.0 Å². The fourth-order valence-electron chi connectivity index (χ4n) is 4.48. The second-order valence-corrected chi connectivity index (χ2v) is 10.7. The number of hydrogen-bond acceptors (Lipinski definition) is 5. The highest BCUT2D eigenvalue weighted by molar-refractivity contribution is 7.89. The Morgan fingerprint density at radius 3 is 2.27 bits per heavy atom. The molecule has 7 nitrogen and oxygen atoms in total. The van der Waals surface area contributed by atoms with Gasteiger partial charge in [0, 0.05) is 25.7 Å². The van der Waals surface area contributed by atoms with Crippen molar-refractivity contribution in [2.75, 3.05) is 26.2 Å². The minimum atomic E-state index is -3.60. The van der Waals surface area contributed by atoms with Crippen molar-refractivity contribution >= 4 is 21.9 Å². The zero-order valence-corrected chi connectivity index (χ0v) is 18.9. The first-order chi connectivity index (χ1) is 14.2. The summed E-state index contributed by atoms with van der Waals surface area (Å²) in [6.07, 6.45) is 4.06. The van der Waals surface area contributed by atoms with E-state index in [2.05, 4.69) is 13.8 Å². The molecule has 3 atom stereocenters. The van der Waals surface area contributed by atoms with Gasteiger partial charge in [-0.2, -0.15) is 4.31 Å². The number of hydrogen-bond donors (Lipinski definition) is 0. The first-order valence-corrected chi connectivity index (χ1v) is 12.2. The topological polar surface area (TPSA) is 84.0 Å². The summed E-state index contributed by atoms with van der Waals surface area (Å²) in [6, 6.07) is 5.92. The van der Waals surface area contributed by atoms with Crippen molar-refractivity contribution in [1.82, 2.24) is 9.21 Å². The minimum absolute atomic E-state index is 0.162. The van der Waals surface area contributed by atoms with Gasteiger partial charge in [-0.25, -0.2) is 13.2 Å². The quantitative estimate of drug-likeness (QED) is 0.663. The third kappa shape index (κ3) is 5.21. The van der Waals surface area contributed by atoms with Gasteiger partial charge < -0.3 is 9.64 Å². The molecule has 2 heterocycles. The van der Waals surface area contributed by atoms with E-state index < -0.39 is 16.0 Å². The highest BCUT2D eigenvalue weighted by Gasteiger charge is 2.31. The maximum absolute atomic E-state index is 12.9. The largest absolute Gasteiger partial charge is 0.452 e. The monoisotopic (exact) mass is 436 g/mol. The Morgan fingerprint density at radius 1 is 1.03 bits per heavy atom. The van der Waals surface area contributed by atoms with Crippen LogP contribution < -0.4 is 0 Å². The molecule has 2 fully saturated rings. The summed E-state index contributed by atoms with van der Waals surface area (Å²) < 4.78 is 32.6. The molecule has 1 aromatic rings. The van der Waals surface area contributed by atoms with Gasteiger partial charge in [0.1, 0.15) is 0 Å². The van der Waals surface area contributed by atoms with Crippen LogP contribution in [-0.4, -0.2) is 61.8 Å². The average molecular weight is 437 g/mol. The van der Waals surface area contributed by atoms with Crippen LogP contribution in [0.15, 0.2) is 29.2 Å². The number of nitrogens with zero attached hydrogens (tertiary/aromatic N) is 2. The molecule has 0 bridgehead atoms. The maximum atomic E-state index is 12.9. The summed E-state index contributed by atoms with van der Waals surface area (Å²) in [5.74, 6) is -0.184.